The van der Waals surface area contributed by atoms with Gasteiger partial charge in [-0.1, -0.05) is 43.1 Å². The summed E-state index contributed by atoms with van der Waals surface area (Å²) < 4.78 is 32.3. The number of hydrogen-bond donors (Lipinski definition) is 4. The Morgan fingerprint density at radius 1 is 0.691 bits per heavy atom. The van der Waals surface area contributed by atoms with E-state index in [2.05, 4.69) is 73.5 Å². The molecule has 0 aliphatic heterocycles. The van der Waals surface area contributed by atoms with Crippen LogP contribution >= 0.6 is 11.6 Å². The lowest BCUT2D eigenvalue weighted by Gasteiger charge is -2.13. The summed E-state index contributed by atoms with van der Waals surface area (Å²) in [6, 6.07) is 23.6. The lowest BCUT2D eigenvalue weighted by molar-refractivity contribution is 0.0942. The van der Waals surface area contributed by atoms with Gasteiger partial charge in [-0.15, -0.1) is 0 Å². The first-order chi connectivity index (χ1) is 33.0. The summed E-state index contributed by atoms with van der Waals surface area (Å²) in [5, 5.41) is 13.0. The molecule has 5 aromatic heterocycles. The fourth-order valence-electron chi connectivity index (χ4n) is 8.07. The number of amides is 2. The molecule has 344 valence electrons. The van der Waals surface area contributed by atoms with E-state index in [1.807, 2.05) is 42.6 Å². The molecule has 0 bridgehead atoms. The number of benzene rings is 4. The molecule has 2 fully saturated rings. The van der Waals surface area contributed by atoms with E-state index >= 15 is 0 Å². The number of aryl methyl sites for hydroxylation is 2. The molecule has 4 N–H and O–H groups in total. The van der Waals surface area contributed by atoms with Gasteiger partial charge in [0.1, 0.15) is 0 Å². The molecule has 9 aromatic rings. The van der Waals surface area contributed by atoms with Crippen LogP contribution in [0.4, 0.5) is 20.4 Å². The highest BCUT2D eigenvalue weighted by Crippen LogP contribution is 2.34. The number of carbonyl (C=O) groups excluding carboxylic acids is 2. The molecule has 5 heterocycles. The monoisotopic (exact) mass is 931 g/mol. The summed E-state index contributed by atoms with van der Waals surface area (Å²) in [4.78, 5) is 47.6. The smallest absolute Gasteiger partial charge is 0.253 e. The normalized spacial score (nSPS) is 13.4. The van der Waals surface area contributed by atoms with Gasteiger partial charge in [0.15, 0.2) is 34.6 Å². The van der Waals surface area contributed by atoms with E-state index < -0.39 is 11.6 Å². The zero-order valence-corrected chi connectivity index (χ0v) is 38.5. The highest BCUT2D eigenvalue weighted by atomic mass is 35.5. The summed E-state index contributed by atoms with van der Waals surface area (Å²) in [7, 11) is 0. The quantitative estimate of drug-likeness (QED) is 0.0827. The fourth-order valence-corrected chi connectivity index (χ4v) is 8.33. The molecule has 0 radical (unpaired) electrons. The SMILES string of the molecule is CCCCNc1nc2cc(C)c(C)cc2n2c(-c3ccc(C(=O)NC4CC4)cc3)cnc12.O=C(NC1CC1)c1ccc(-c2cnc3c(NCc4ccncc4)nc4cc(F)c(F)cc4n23)cc1Cl. The number of carbonyl (C=O) groups is 2. The standard InChI is InChI=1S/C26H19ClF2N6O.C26H29N5O/c27-18-9-15(1-4-17(18)26(36)33-16-2-3-16)23-13-32-25-24(31-12-14-5-7-30-8-6-14)34-21-10-19(28)20(29)11-22(21)35(23)25;1-4-5-12-27-24-25-28-15-23(31(25)22-14-17(3)16(2)13-21(22)30-24)18-6-8-19(9-7-18)26(32)29-20-10-11-20/h1,4-11,13,16H,2-3,12H2,(H,31,34)(H,33,36);6-9,13-15,20H,4-5,10-12H2,1-3H3,(H,27,30)(H,29,32). The number of nitrogens with one attached hydrogen (secondary N) is 4. The van der Waals surface area contributed by atoms with Crippen LogP contribution in [0, 0.1) is 25.5 Å². The van der Waals surface area contributed by atoms with Gasteiger partial charge in [-0.05, 0) is 111 Å². The van der Waals surface area contributed by atoms with Gasteiger partial charge in [-0.2, -0.15) is 0 Å². The molecule has 0 saturated heterocycles. The van der Waals surface area contributed by atoms with Crippen molar-refractivity contribution in [2.45, 2.75) is 77.9 Å². The van der Waals surface area contributed by atoms with Gasteiger partial charge in [-0.3, -0.25) is 23.4 Å². The van der Waals surface area contributed by atoms with Gasteiger partial charge in [0, 0.05) is 66.4 Å². The number of aromatic nitrogens is 7. The molecule has 68 heavy (non-hydrogen) atoms. The third-order valence-electron chi connectivity index (χ3n) is 12.3. The second kappa shape index (κ2) is 18.6. The van der Waals surface area contributed by atoms with Crippen molar-refractivity contribution in [1.82, 2.24) is 44.4 Å². The minimum atomic E-state index is -0.995. The Balaban J connectivity index is 0.000000160. The van der Waals surface area contributed by atoms with Crippen molar-refractivity contribution in [3.63, 3.8) is 0 Å². The Hall–Kier alpha value is -7.52. The zero-order valence-electron chi connectivity index (χ0n) is 37.7. The number of pyridine rings is 1. The van der Waals surface area contributed by atoms with E-state index in [4.69, 9.17) is 21.6 Å². The molecular weight excluding hydrogens is 884 g/mol. The van der Waals surface area contributed by atoms with Crippen LogP contribution in [-0.2, 0) is 6.54 Å². The lowest BCUT2D eigenvalue weighted by Crippen LogP contribution is -2.25. The Labute approximate surface area is 395 Å². The zero-order chi connectivity index (χ0) is 47.1. The van der Waals surface area contributed by atoms with Crippen molar-refractivity contribution < 1.29 is 18.4 Å². The molecule has 0 spiro atoms. The molecular formula is C52H48ClF2N11O2. The molecule has 0 unspecified atom stereocenters. The molecule has 2 saturated carbocycles. The van der Waals surface area contributed by atoms with Crippen LogP contribution in [0.3, 0.4) is 0 Å². The first-order valence-corrected chi connectivity index (χ1v) is 23.2. The minimum Gasteiger partial charge on any atom is -0.367 e. The van der Waals surface area contributed by atoms with E-state index in [-0.39, 0.29) is 28.4 Å². The first kappa shape index (κ1) is 44.3. The predicted octanol–water partition coefficient (Wildman–Crippen LogP) is 10.7. The Morgan fingerprint density at radius 2 is 1.26 bits per heavy atom. The van der Waals surface area contributed by atoms with Crippen LogP contribution in [0.25, 0.3) is 55.9 Å². The predicted molar refractivity (Wildman–Crippen MR) is 262 cm³/mol. The molecule has 4 aromatic carbocycles. The number of anilines is 2. The average molecular weight is 932 g/mol. The van der Waals surface area contributed by atoms with E-state index in [1.54, 1.807) is 41.2 Å². The maximum atomic E-state index is 14.3. The van der Waals surface area contributed by atoms with Crippen molar-refractivity contribution >= 4 is 68.4 Å². The summed E-state index contributed by atoms with van der Waals surface area (Å²) in [6.07, 6.45) is 13.2. The maximum absolute atomic E-state index is 14.3. The van der Waals surface area contributed by atoms with Crippen molar-refractivity contribution in [3.05, 3.63) is 148 Å². The van der Waals surface area contributed by atoms with Crippen molar-refractivity contribution in [3.8, 4) is 22.5 Å². The Bertz CT molecular complexity index is 3390. The van der Waals surface area contributed by atoms with Crippen molar-refractivity contribution in [2.24, 2.45) is 0 Å². The maximum Gasteiger partial charge on any atom is 0.253 e. The fraction of sp³-hybridized carbons (Fsp3) is 0.250. The number of nitrogens with zero attached hydrogens (tertiary/aromatic N) is 7. The molecule has 13 nitrogen and oxygen atoms in total. The van der Waals surface area contributed by atoms with E-state index in [9.17, 15) is 18.4 Å². The van der Waals surface area contributed by atoms with Gasteiger partial charge in [0.05, 0.1) is 56.4 Å². The van der Waals surface area contributed by atoms with Crippen LogP contribution in [0.5, 0.6) is 0 Å². The highest BCUT2D eigenvalue weighted by Gasteiger charge is 2.26. The molecule has 0 atom stereocenters. The van der Waals surface area contributed by atoms with E-state index in [0.29, 0.717) is 52.0 Å². The first-order valence-electron chi connectivity index (χ1n) is 22.9. The topological polar surface area (TPSA) is 156 Å². The van der Waals surface area contributed by atoms with Gasteiger partial charge < -0.3 is 21.3 Å². The number of rotatable bonds is 13. The van der Waals surface area contributed by atoms with Crippen LogP contribution < -0.4 is 21.3 Å². The number of hydrogen-bond acceptors (Lipinski definition) is 9. The third kappa shape index (κ3) is 9.13. The summed E-state index contributed by atoms with van der Waals surface area (Å²) in [5.74, 6) is -0.996. The molecule has 11 rings (SSSR count). The second-order valence-electron chi connectivity index (χ2n) is 17.5. The average Bonchev–Trinajstić information content (AvgIpc) is 4.25. The number of fused-ring (bicyclic) bond motifs is 6. The van der Waals surface area contributed by atoms with E-state index in [0.717, 1.165) is 96.5 Å². The Kier molecular flexibility index (Phi) is 12.1. The minimum absolute atomic E-state index is 0.000326. The van der Waals surface area contributed by atoms with Gasteiger partial charge in [0.2, 0.25) is 0 Å². The Morgan fingerprint density at radius 3 is 1.91 bits per heavy atom. The van der Waals surface area contributed by atoms with Crippen LogP contribution in [0.1, 0.15) is 82.9 Å². The highest BCUT2D eigenvalue weighted by molar-refractivity contribution is 6.34. The van der Waals surface area contributed by atoms with Crippen molar-refractivity contribution in [2.75, 3.05) is 17.2 Å². The molecule has 16 heteroatoms. The van der Waals surface area contributed by atoms with Crippen molar-refractivity contribution in [1.29, 1.82) is 0 Å². The number of imidazole rings is 2. The van der Waals surface area contributed by atoms with Crippen LogP contribution in [-0.4, -0.2) is 64.2 Å². The molecule has 2 aliphatic carbocycles. The van der Waals surface area contributed by atoms with Crippen LogP contribution in [0.15, 0.2) is 104 Å². The third-order valence-corrected chi connectivity index (χ3v) is 12.6. The lowest BCUT2D eigenvalue weighted by atomic mass is 10.1. The van der Waals surface area contributed by atoms with Crippen LogP contribution in [0.2, 0.25) is 5.02 Å². The number of halogens is 3. The largest absolute Gasteiger partial charge is 0.367 e. The number of unbranched alkanes of at least 4 members (excludes halogenated alkanes) is 1. The van der Waals surface area contributed by atoms with Gasteiger partial charge >= 0.3 is 0 Å². The molecule has 2 amide bonds. The van der Waals surface area contributed by atoms with Gasteiger partial charge in [0.25, 0.3) is 11.8 Å². The summed E-state index contributed by atoms with van der Waals surface area (Å²) >= 11 is 6.48. The van der Waals surface area contributed by atoms with Gasteiger partial charge in [-0.25, -0.2) is 28.7 Å². The summed E-state index contributed by atoms with van der Waals surface area (Å²) in [6.45, 7) is 7.71. The second-order valence-corrected chi connectivity index (χ2v) is 17.9. The van der Waals surface area contributed by atoms with E-state index in [1.165, 1.54) is 11.1 Å². The summed E-state index contributed by atoms with van der Waals surface area (Å²) in [5.41, 5.74) is 11.6. The molecule has 2 aliphatic rings.